The Labute approximate surface area is 169 Å². The van der Waals surface area contributed by atoms with Crippen LogP contribution < -0.4 is 5.32 Å². The number of alkyl halides is 1. The molecule has 0 spiro atoms. The monoisotopic (exact) mass is 401 g/mol. The van der Waals surface area contributed by atoms with Crippen molar-refractivity contribution in [1.29, 1.82) is 0 Å². The zero-order valence-electron chi connectivity index (χ0n) is 16.9. The van der Waals surface area contributed by atoms with Crippen LogP contribution in [0, 0.1) is 24.0 Å². The van der Waals surface area contributed by atoms with Gasteiger partial charge in [0.2, 0.25) is 5.91 Å². The van der Waals surface area contributed by atoms with Crippen LogP contribution in [0.4, 0.5) is 13.2 Å². The van der Waals surface area contributed by atoms with Gasteiger partial charge in [0.15, 0.2) is 17.9 Å². The number of rotatable bonds is 4. The van der Waals surface area contributed by atoms with E-state index >= 15 is 0 Å². The van der Waals surface area contributed by atoms with E-state index in [1.807, 2.05) is 18.2 Å². The summed E-state index contributed by atoms with van der Waals surface area (Å²) in [6, 6.07) is 12.3. The van der Waals surface area contributed by atoms with E-state index < -0.39 is 23.8 Å². The average molecular weight is 401 g/mol. The van der Waals surface area contributed by atoms with Crippen molar-refractivity contribution in [2.24, 2.45) is 5.41 Å². The first-order valence-electron chi connectivity index (χ1n) is 9.84. The molecule has 5 heteroatoms. The van der Waals surface area contributed by atoms with Gasteiger partial charge in [0, 0.05) is 11.6 Å². The van der Waals surface area contributed by atoms with Gasteiger partial charge in [-0.3, -0.25) is 4.79 Å². The molecule has 2 aromatic carbocycles. The van der Waals surface area contributed by atoms with Crippen molar-refractivity contribution in [3.63, 3.8) is 0 Å². The summed E-state index contributed by atoms with van der Waals surface area (Å²) in [4.78, 5) is 12.4. The lowest BCUT2D eigenvalue weighted by atomic mass is 9.67. The molecule has 0 aromatic heterocycles. The first-order valence-corrected chi connectivity index (χ1v) is 9.84. The van der Waals surface area contributed by atoms with Crippen LogP contribution >= 0.6 is 0 Å². The van der Waals surface area contributed by atoms with E-state index in [0.29, 0.717) is 5.92 Å². The van der Waals surface area contributed by atoms with Crippen molar-refractivity contribution in [3.8, 4) is 0 Å². The SMILES string of the molecule is Cc1c(C(F)NC(=O)C=C2CCC(c3ccccc3)CC2(C)C)ccc(F)c1F. The highest BCUT2D eigenvalue weighted by molar-refractivity contribution is 5.88. The summed E-state index contributed by atoms with van der Waals surface area (Å²) >= 11 is 0. The van der Waals surface area contributed by atoms with Gasteiger partial charge < -0.3 is 5.32 Å². The van der Waals surface area contributed by atoms with E-state index in [1.165, 1.54) is 18.6 Å². The molecule has 3 rings (SSSR count). The number of hydrogen-bond donors (Lipinski definition) is 1. The van der Waals surface area contributed by atoms with Crippen LogP contribution in [-0.2, 0) is 4.79 Å². The summed E-state index contributed by atoms with van der Waals surface area (Å²) in [5, 5.41) is 2.24. The second-order valence-corrected chi connectivity index (χ2v) is 8.35. The maximum atomic E-state index is 14.5. The van der Waals surface area contributed by atoms with Gasteiger partial charge in [-0.15, -0.1) is 0 Å². The maximum Gasteiger partial charge on any atom is 0.246 e. The van der Waals surface area contributed by atoms with Crippen molar-refractivity contribution in [2.75, 3.05) is 0 Å². The molecule has 29 heavy (non-hydrogen) atoms. The molecule has 0 radical (unpaired) electrons. The Hall–Kier alpha value is -2.56. The van der Waals surface area contributed by atoms with Gasteiger partial charge in [-0.05, 0) is 54.7 Å². The van der Waals surface area contributed by atoms with Crippen molar-refractivity contribution in [3.05, 3.63) is 82.4 Å². The minimum absolute atomic E-state index is 0.0808. The largest absolute Gasteiger partial charge is 0.319 e. The van der Waals surface area contributed by atoms with Crippen molar-refractivity contribution in [1.82, 2.24) is 5.32 Å². The topological polar surface area (TPSA) is 29.1 Å². The van der Waals surface area contributed by atoms with Crippen molar-refractivity contribution >= 4 is 5.91 Å². The highest BCUT2D eigenvalue weighted by Gasteiger charge is 2.33. The summed E-state index contributed by atoms with van der Waals surface area (Å²) in [7, 11) is 0. The van der Waals surface area contributed by atoms with E-state index in [-0.39, 0.29) is 16.5 Å². The molecule has 1 N–H and O–H groups in total. The molecule has 0 aliphatic heterocycles. The van der Waals surface area contributed by atoms with Crippen LogP contribution in [0.15, 0.2) is 54.1 Å². The number of hydrogen-bond acceptors (Lipinski definition) is 1. The molecule has 1 aliphatic rings. The highest BCUT2D eigenvalue weighted by Crippen LogP contribution is 2.46. The first-order chi connectivity index (χ1) is 13.7. The molecule has 2 atom stereocenters. The van der Waals surface area contributed by atoms with Crippen LogP contribution in [0.5, 0.6) is 0 Å². The van der Waals surface area contributed by atoms with Crippen LogP contribution in [0.3, 0.4) is 0 Å². The molecule has 2 unspecified atom stereocenters. The molecule has 0 heterocycles. The maximum absolute atomic E-state index is 14.5. The lowest BCUT2D eigenvalue weighted by molar-refractivity contribution is -0.118. The van der Waals surface area contributed by atoms with Gasteiger partial charge in [0.25, 0.3) is 0 Å². The third-order valence-corrected chi connectivity index (χ3v) is 5.89. The van der Waals surface area contributed by atoms with Gasteiger partial charge in [-0.25, -0.2) is 13.2 Å². The van der Waals surface area contributed by atoms with Gasteiger partial charge in [0.1, 0.15) is 0 Å². The molecule has 0 saturated heterocycles. The first kappa shape index (κ1) is 21.2. The van der Waals surface area contributed by atoms with E-state index in [4.69, 9.17) is 0 Å². The molecule has 1 fully saturated rings. The predicted octanol–water partition coefficient (Wildman–Crippen LogP) is 6.28. The second kappa shape index (κ2) is 8.44. The summed E-state index contributed by atoms with van der Waals surface area (Å²) in [6.45, 7) is 5.47. The quantitative estimate of drug-likeness (QED) is 0.474. The Morgan fingerprint density at radius 1 is 1.17 bits per heavy atom. The third kappa shape index (κ3) is 4.72. The van der Waals surface area contributed by atoms with Crippen LogP contribution in [0.25, 0.3) is 0 Å². The smallest absolute Gasteiger partial charge is 0.246 e. The van der Waals surface area contributed by atoms with Crippen molar-refractivity contribution < 1.29 is 18.0 Å². The van der Waals surface area contributed by atoms with Gasteiger partial charge in [0.05, 0.1) is 0 Å². The number of carbonyl (C=O) groups is 1. The molecule has 0 bridgehead atoms. The minimum Gasteiger partial charge on any atom is -0.319 e. The number of halogens is 3. The molecule has 2 aromatic rings. The lowest BCUT2D eigenvalue weighted by Gasteiger charge is -2.38. The zero-order valence-corrected chi connectivity index (χ0v) is 16.9. The lowest BCUT2D eigenvalue weighted by Crippen LogP contribution is -2.29. The Morgan fingerprint density at radius 3 is 2.52 bits per heavy atom. The van der Waals surface area contributed by atoms with E-state index in [2.05, 4.69) is 31.3 Å². The molecular formula is C24H26F3NO. The van der Waals surface area contributed by atoms with E-state index in [9.17, 15) is 18.0 Å². The van der Waals surface area contributed by atoms with Crippen molar-refractivity contribution in [2.45, 2.75) is 52.2 Å². The van der Waals surface area contributed by atoms with Gasteiger partial charge in [-0.2, -0.15) is 0 Å². The normalized spacial score (nSPS) is 21.0. The van der Waals surface area contributed by atoms with Crippen LogP contribution in [0.2, 0.25) is 0 Å². The molecule has 1 aliphatic carbocycles. The molecule has 154 valence electrons. The van der Waals surface area contributed by atoms with E-state index in [0.717, 1.165) is 37.0 Å². The van der Waals surface area contributed by atoms with Crippen LogP contribution in [0.1, 0.15) is 62.0 Å². The molecule has 2 nitrogen and oxygen atoms in total. The Balaban J connectivity index is 1.70. The third-order valence-electron chi connectivity index (χ3n) is 5.89. The predicted molar refractivity (Wildman–Crippen MR) is 108 cm³/mol. The number of nitrogens with one attached hydrogen (secondary N) is 1. The molecular weight excluding hydrogens is 375 g/mol. The fourth-order valence-corrected chi connectivity index (χ4v) is 4.14. The number of carbonyl (C=O) groups excluding carboxylic acids is 1. The van der Waals surface area contributed by atoms with Crippen LogP contribution in [-0.4, -0.2) is 5.91 Å². The molecule has 1 saturated carbocycles. The summed E-state index contributed by atoms with van der Waals surface area (Å²) in [5.41, 5.74) is 1.84. The summed E-state index contributed by atoms with van der Waals surface area (Å²) < 4.78 is 41.5. The number of benzene rings is 2. The zero-order chi connectivity index (χ0) is 21.2. The number of allylic oxidation sites excluding steroid dienone is 1. The Kier molecular flexibility index (Phi) is 6.15. The summed E-state index contributed by atoms with van der Waals surface area (Å²) in [6.07, 6.45) is 2.13. The second-order valence-electron chi connectivity index (χ2n) is 8.35. The average Bonchev–Trinajstić information content (AvgIpc) is 2.68. The number of amides is 1. The fourth-order valence-electron chi connectivity index (χ4n) is 4.14. The fraction of sp³-hybridized carbons (Fsp3) is 0.375. The summed E-state index contributed by atoms with van der Waals surface area (Å²) in [5.74, 6) is -2.28. The molecule has 1 amide bonds. The van der Waals surface area contributed by atoms with E-state index in [1.54, 1.807) is 0 Å². The van der Waals surface area contributed by atoms with Gasteiger partial charge in [-0.1, -0.05) is 55.8 Å². The van der Waals surface area contributed by atoms with Gasteiger partial charge >= 0.3 is 0 Å². The Morgan fingerprint density at radius 2 is 1.86 bits per heavy atom. The highest BCUT2D eigenvalue weighted by atomic mass is 19.2. The minimum atomic E-state index is -1.90. The Bertz CT molecular complexity index is 921. The standard InChI is InChI=1S/C24H26F3NO/c1-15-19(11-12-20(25)22(15)26)23(27)28-21(29)13-18-10-9-17(14-24(18,2)3)16-7-5-4-6-8-16/h4-8,11-13,17,23H,9-10,14H2,1-3H3,(H,28,29).